The first-order valence-electron chi connectivity index (χ1n) is 5.61. The van der Waals surface area contributed by atoms with Crippen LogP contribution in [-0.4, -0.2) is 17.4 Å². The molecule has 1 aliphatic rings. The summed E-state index contributed by atoms with van der Waals surface area (Å²) in [5.41, 5.74) is 0. The van der Waals surface area contributed by atoms with Crippen LogP contribution in [0, 0.1) is 0 Å². The van der Waals surface area contributed by atoms with E-state index in [1.807, 2.05) is 0 Å². The number of cyclic esters (lactones) is 1. The zero-order valence-corrected chi connectivity index (χ0v) is 10.2. The molecule has 0 aromatic heterocycles. The third-order valence-corrected chi connectivity index (χ3v) is 3.12. The summed E-state index contributed by atoms with van der Waals surface area (Å²) in [5.74, 6) is 0.00215. The molecule has 1 rings (SSSR count). The van der Waals surface area contributed by atoms with E-state index >= 15 is 0 Å². The van der Waals surface area contributed by atoms with Gasteiger partial charge < -0.3 is 4.74 Å². The smallest absolute Gasteiger partial charge is 0.348 e. The van der Waals surface area contributed by atoms with Crippen molar-refractivity contribution in [3.8, 4) is 0 Å². The molecule has 0 spiro atoms. The van der Waals surface area contributed by atoms with Crippen LogP contribution >= 0.6 is 15.9 Å². The standard InChI is InChI=1S/C11H19BrO2/c12-9-7-5-3-1-2-4-6-8-10-11(13)14-10/h10H,1-9H2. The normalized spacial score (nSPS) is 19.5. The molecule has 1 atom stereocenters. The SMILES string of the molecule is O=C1OC1CCCCCCCCCBr. The van der Waals surface area contributed by atoms with Crippen molar-refractivity contribution in [2.45, 2.75) is 57.5 Å². The Balaban J connectivity index is 1.70. The fraction of sp³-hybridized carbons (Fsp3) is 0.909. The molecule has 0 saturated carbocycles. The van der Waals surface area contributed by atoms with Crippen molar-refractivity contribution in [1.82, 2.24) is 0 Å². The molecule has 0 bridgehead atoms. The number of alkyl halides is 1. The molecule has 1 heterocycles. The van der Waals surface area contributed by atoms with E-state index in [4.69, 9.17) is 4.74 Å². The van der Waals surface area contributed by atoms with Crippen LogP contribution in [0.5, 0.6) is 0 Å². The lowest BCUT2D eigenvalue weighted by atomic mass is 10.1. The maximum atomic E-state index is 10.5. The lowest BCUT2D eigenvalue weighted by molar-refractivity contribution is -0.117. The minimum absolute atomic E-state index is 0.00215. The van der Waals surface area contributed by atoms with E-state index in [-0.39, 0.29) is 12.1 Å². The second-order valence-corrected chi connectivity index (χ2v) is 4.67. The lowest BCUT2D eigenvalue weighted by Crippen LogP contribution is -1.88. The average Bonchev–Trinajstić information content (AvgIpc) is 2.87. The van der Waals surface area contributed by atoms with E-state index in [0.29, 0.717) is 0 Å². The minimum atomic E-state index is -0.0246. The Labute approximate surface area is 94.5 Å². The molecular weight excluding hydrogens is 244 g/mol. The maximum Gasteiger partial charge on any atom is 0.348 e. The van der Waals surface area contributed by atoms with Gasteiger partial charge in [0, 0.05) is 5.33 Å². The molecule has 0 radical (unpaired) electrons. The Morgan fingerprint density at radius 3 is 2.00 bits per heavy atom. The molecular formula is C11H19BrO2. The van der Waals surface area contributed by atoms with Crippen LogP contribution in [-0.2, 0) is 9.53 Å². The molecule has 3 heteroatoms. The monoisotopic (exact) mass is 262 g/mol. The van der Waals surface area contributed by atoms with Crippen LogP contribution in [0.3, 0.4) is 0 Å². The van der Waals surface area contributed by atoms with Gasteiger partial charge in [0.05, 0.1) is 0 Å². The first kappa shape index (κ1) is 12.0. The summed E-state index contributed by atoms with van der Waals surface area (Å²) in [6.45, 7) is 0. The zero-order chi connectivity index (χ0) is 10.2. The number of epoxide rings is 1. The van der Waals surface area contributed by atoms with Gasteiger partial charge in [-0.05, 0) is 19.3 Å². The molecule has 1 aliphatic heterocycles. The lowest BCUT2D eigenvalue weighted by Gasteiger charge is -1.99. The van der Waals surface area contributed by atoms with Gasteiger partial charge in [0.25, 0.3) is 0 Å². The second-order valence-electron chi connectivity index (χ2n) is 3.88. The Hall–Kier alpha value is -0.0500. The third-order valence-electron chi connectivity index (χ3n) is 2.56. The Kier molecular flexibility index (Phi) is 6.24. The number of unbranched alkanes of at least 4 members (excludes halogenated alkanes) is 6. The minimum Gasteiger partial charge on any atom is -0.448 e. The molecule has 1 unspecified atom stereocenters. The van der Waals surface area contributed by atoms with Crippen molar-refractivity contribution in [3.05, 3.63) is 0 Å². The van der Waals surface area contributed by atoms with Gasteiger partial charge in [0.1, 0.15) is 0 Å². The van der Waals surface area contributed by atoms with Crippen molar-refractivity contribution in [3.63, 3.8) is 0 Å². The Morgan fingerprint density at radius 2 is 1.50 bits per heavy atom. The molecule has 0 aromatic carbocycles. The molecule has 0 amide bonds. The predicted octanol–water partition coefficient (Wildman–Crippen LogP) is 3.43. The van der Waals surface area contributed by atoms with Gasteiger partial charge >= 0.3 is 5.97 Å². The average molecular weight is 263 g/mol. The summed E-state index contributed by atoms with van der Waals surface area (Å²) in [6.07, 6.45) is 9.96. The molecule has 1 fully saturated rings. The number of carbonyl (C=O) groups is 1. The first-order valence-corrected chi connectivity index (χ1v) is 6.73. The summed E-state index contributed by atoms with van der Waals surface area (Å²) in [7, 11) is 0. The summed E-state index contributed by atoms with van der Waals surface area (Å²) >= 11 is 3.43. The first-order chi connectivity index (χ1) is 6.84. The van der Waals surface area contributed by atoms with E-state index in [0.717, 1.165) is 18.2 Å². The van der Waals surface area contributed by atoms with E-state index in [1.165, 1.54) is 38.5 Å². The van der Waals surface area contributed by atoms with Crippen LogP contribution in [0.15, 0.2) is 0 Å². The molecule has 1 saturated heterocycles. The largest absolute Gasteiger partial charge is 0.448 e. The Bertz CT molecular complexity index is 171. The second kappa shape index (κ2) is 7.27. The van der Waals surface area contributed by atoms with E-state index < -0.39 is 0 Å². The predicted molar refractivity (Wildman–Crippen MR) is 60.6 cm³/mol. The number of hydrogen-bond acceptors (Lipinski definition) is 2. The van der Waals surface area contributed by atoms with E-state index in [2.05, 4.69) is 15.9 Å². The molecule has 0 aromatic rings. The van der Waals surface area contributed by atoms with Gasteiger partial charge in [-0.1, -0.05) is 48.0 Å². The number of rotatable bonds is 9. The number of carbonyl (C=O) groups excluding carboxylic acids is 1. The van der Waals surface area contributed by atoms with Crippen molar-refractivity contribution in [2.75, 3.05) is 5.33 Å². The van der Waals surface area contributed by atoms with Crippen molar-refractivity contribution >= 4 is 21.9 Å². The van der Waals surface area contributed by atoms with Gasteiger partial charge in [-0.15, -0.1) is 0 Å². The summed E-state index contributed by atoms with van der Waals surface area (Å²) in [6, 6.07) is 0. The number of halogens is 1. The topological polar surface area (TPSA) is 29.6 Å². The maximum absolute atomic E-state index is 10.5. The summed E-state index contributed by atoms with van der Waals surface area (Å²) < 4.78 is 4.73. The van der Waals surface area contributed by atoms with Gasteiger partial charge in [-0.2, -0.15) is 0 Å². The van der Waals surface area contributed by atoms with Gasteiger partial charge in [0.2, 0.25) is 0 Å². The van der Waals surface area contributed by atoms with Crippen LogP contribution in [0.25, 0.3) is 0 Å². The van der Waals surface area contributed by atoms with E-state index in [1.54, 1.807) is 0 Å². The molecule has 14 heavy (non-hydrogen) atoms. The quantitative estimate of drug-likeness (QED) is 0.362. The van der Waals surface area contributed by atoms with Crippen LogP contribution < -0.4 is 0 Å². The molecule has 0 N–H and O–H groups in total. The van der Waals surface area contributed by atoms with Crippen LogP contribution in [0.2, 0.25) is 0 Å². The Morgan fingerprint density at radius 1 is 1.00 bits per heavy atom. The fourth-order valence-electron chi connectivity index (χ4n) is 1.59. The zero-order valence-electron chi connectivity index (χ0n) is 8.64. The number of ether oxygens (including phenoxy) is 1. The van der Waals surface area contributed by atoms with Gasteiger partial charge in [0.15, 0.2) is 6.10 Å². The van der Waals surface area contributed by atoms with Crippen molar-refractivity contribution < 1.29 is 9.53 Å². The summed E-state index contributed by atoms with van der Waals surface area (Å²) in [4.78, 5) is 10.5. The molecule has 82 valence electrons. The van der Waals surface area contributed by atoms with Crippen molar-refractivity contribution in [2.24, 2.45) is 0 Å². The highest BCUT2D eigenvalue weighted by Gasteiger charge is 2.36. The fourth-order valence-corrected chi connectivity index (χ4v) is 1.99. The molecule has 0 aliphatic carbocycles. The molecule has 2 nitrogen and oxygen atoms in total. The van der Waals surface area contributed by atoms with Crippen molar-refractivity contribution in [1.29, 1.82) is 0 Å². The van der Waals surface area contributed by atoms with Crippen LogP contribution in [0.1, 0.15) is 51.4 Å². The van der Waals surface area contributed by atoms with Gasteiger partial charge in [-0.25, -0.2) is 4.79 Å². The van der Waals surface area contributed by atoms with Gasteiger partial charge in [-0.3, -0.25) is 0 Å². The highest BCUT2D eigenvalue weighted by molar-refractivity contribution is 9.09. The summed E-state index contributed by atoms with van der Waals surface area (Å²) in [5, 5.41) is 1.13. The van der Waals surface area contributed by atoms with E-state index in [9.17, 15) is 4.79 Å². The number of hydrogen-bond donors (Lipinski definition) is 0. The third kappa shape index (κ3) is 5.63. The highest BCUT2D eigenvalue weighted by Crippen LogP contribution is 2.20. The van der Waals surface area contributed by atoms with Crippen LogP contribution in [0.4, 0.5) is 0 Å². The highest BCUT2D eigenvalue weighted by atomic mass is 79.9.